The van der Waals surface area contributed by atoms with E-state index in [9.17, 15) is 4.79 Å². The van der Waals surface area contributed by atoms with E-state index in [1.807, 2.05) is 31.8 Å². The first-order valence-electron chi connectivity index (χ1n) is 3.19. The van der Waals surface area contributed by atoms with Crippen molar-refractivity contribution in [2.75, 3.05) is 0 Å². The van der Waals surface area contributed by atoms with Gasteiger partial charge in [-0.1, -0.05) is 6.08 Å². The zero-order valence-corrected chi connectivity index (χ0v) is 5.87. The summed E-state index contributed by atoms with van der Waals surface area (Å²) in [6.07, 6.45) is 11.2. The number of carbonyl (C=O) groups excluding carboxylic acids is 1. The van der Waals surface area contributed by atoms with Crippen molar-refractivity contribution >= 4 is 5.78 Å². The van der Waals surface area contributed by atoms with E-state index < -0.39 is 0 Å². The Morgan fingerprint density at radius 1 is 1.40 bits per heavy atom. The van der Waals surface area contributed by atoms with Crippen molar-refractivity contribution in [1.29, 1.82) is 0 Å². The first-order chi connectivity index (χ1) is 4.79. The Balaban J connectivity index is 2.29. The fourth-order valence-electron chi connectivity index (χ4n) is 0.714. The van der Waals surface area contributed by atoms with E-state index in [4.69, 9.17) is 0 Å². The molecule has 0 bridgehead atoms. The Labute approximate surface area is 62.1 Å². The maximum Gasteiger partial charge on any atom is 0.152 e. The molecule has 1 heteroatoms. The third-order valence-electron chi connectivity index (χ3n) is 1.20. The SMILES string of the molecule is CC(=O)/C=C/[C]1[CH][CH][CH][CH]1. The molecule has 1 aliphatic rings. The molecule has 0 aliphatic heterocycles. The Morgan fingerprint density at radius 3 is 2.50 bits per heavy atom. The lowest BCUT2D eigenvalue weighted by Gasteiger charge is -1.95. The Bertz CT molecular complexity index is 141. The minimum atomic E-state index is 0.0844. The van der Waals surface area contributed by atoms with E-state index in [-0.39, 0.29) is 5.78 Å². The molecule has 0 atom stereocenters. The lowest BCUT2D eigenvalue weighted by Crippen LogP contribution is -1.87. The minimum absolute atomic E-state index is 0.0844. The van der Waals surface area contributed by atoms with E-state index in [0.29, 0.717) is 0 Å². The predicted molar refractivity (Wildman–Crippen MR) is 40.3 cm³/mol. The molecule has 0 unspecified atom stereocenters. The highest BCUT2D eigenvalue weighted by Gasteiger charge is 2.12. The Morgan fingerprint density at radius 2 is 2.00 bits per heavy atom. The molecule has 0 aromatic heterocycles. The van der Waals surface area contributed by atoms with Crippen LogP contribution in [-0.2, 0) is 4.79 Å². The zero-order chi connectivity index (χ0) is 7.40. The van der Waals surface area contributed by atoms with Crippen molar-refractivity contribution in [1.82, 2.24) is 0 Å². The van der Waals surface area contributed by atoms with Crippen molar-refractivity contribution in [3.05, 3.63) is 43.8 Å². The van der Waals surface area contributed by atoms with Crippen LogP contribution in [0, 0.1) is 31.6 Å². The molecule has 0 N–H and O–H groups in total. The van der Waals surface area contributed by atoms with Gasteiger partial charge in [0.1, 0.15) is 0 Å². The highest BCUT2D eigenvalue weighted by Crippen LogP contribution is 2.23. The van der Waals surface area contributed by atoms with Crippen LogP contribution < -0.4 is 0 Å². The first-order valence-corrected chi connectivity index (χ1v) is 3.19. The second-order valence-corrected chi connectivity index (χ2v) is 2.16. The summed E-state index contributed by atoms with van der Waals surface area (Å²) in [5, 5.41) is 0. The second kappa shape index (κ2) is 3.55. The summed E-state index contributed by atoms with van der Waals surface area (Å²) >= 11 is 0. The molecule has 0 saturated heterocycles. The van der Waals surface area contributed by atoms with Crippen LogP contribution in [0.5, 0.6) is 0 Å². The molecule has 0 heterocycles. The van der Waals surface area contributed by atoms with E-state index in [0.717, 1.165) is 5.92 Å². The first kappa shape index (κ1) is 7.52. The minimum Gasteiger partial charge on any atom is -0.295 e. The topological polar surface area (TPSA) is 17.1 Å². The normalized spacial score (nSPS) is 20.5. The second-order valence-electron chi connectivity index (χ2n) is 2.16. The number of allylic oxidation sites excluding steroid dienone is 2. The number of rotatable bonds is 2. The summed E-state index contributed by atoms with van der Waals surface area (Å²) in [7, 11) is 0. The summed E-state index contributed by atoms with van der Waals surface area (Å²) in [5.41, 5.74) is 0. The summed E-state index contributed by atoms with van der Waals surface area (Å²) in [6.45, 7) is 1.54. The van der Waals surface area contributed by atoms with Gasteiger partial charge in [-0.25, -0.2) is 0 Å². The van der Waals surface area contributed by atoms with E-state index in [1.54, 1.807) is 13.0 Å². The van der Waals surface area contributed by atoms with Gasteiger partial charge in [-0.3, -0.25) is 4.79 Å². The zero-order valence-electron chi connectivity index (χ0n) is 5.87. The van der Waals surface area contributed by atoms with Crippen LogP contribution in [0.25, 0.3) is 0 Å². The van der Waals surface area contributed by atoms with Gasteiger partial charge < -0.3 is 0 Å². The molecule has 51 valence electrons. The molecule has 1 aliphatic carbocycles. The summed E-state index contributed by atoms with van der Waals surface area (Å²) < 4.78 is 0. The third kappa shape index (κ3) is 2.34. The number of ketones is 1. The van der Waals surface area contributed by atoms with Crippen LogP contribution in [0.15, 0.2) is 12.2 Å². The van der Waals surface area contributed by atoms with Crippen molar-refractivity contribution in [2.45, 2.75) is 6.92 Å². The average Bonchev–Trinajstić information content (AvgIpc) is 2.34. The molecule has 1 nitrogen and oxygen atoms in total. The van der Waals surface area contributed by atoms with Crippen molar-refractivity contribution in [3.63, 3.8) is 0 Å². The van der Waals surface area contributed by atoms with Crippen molar-refractivity contribution in [2.24, 2.45) is 0 Å². The number of hydrogen-bond acceptors (Lipinski definition) is 1. The smallest absolute Gasteiger partial charge is 0.152 e. The van der Waals surface area contributed by atoms with Crippen LogP contribution in [0.2, 0.25) is 0 Å². The highest BCUT2D eigenvalue weighted by atomic mass is 16.1. The van der Waals surface area contributed by atoms with E-state index >= 15 is 0 Å². The molecular formula is C9H9O. The van der Waals surface area contributed by atoms with Gasteiger partial charge in [0, 0.05) is 5.92 Å². The van der Waals surface area contributed by atoms with E-state index in [2.05, 4.69) is 0 Å². The molecule has 10 heavy (non-hydrogen) atoms. The number of carbonyl (C=O) groups is 1. The molecule has 1 saturated carbocycles. The molecule has 0 aromatic rings. The quantitative estimate of drug-likeness (QED) is 0.522. The maximum absolute atomic E-state index is 10.5. The van der Waals surface area contributed by atoms with Gasteiger partial charge in [-0.15, -0.1) is 0 Å². The largest absolute Gasteiger partial charge is 0.295 e. The molecule has 1 fully saturated rings. The molecular weight excluding hydrogens is 124 g/mol. The third-order valence-corrected chi connectivity index (χ3v) is 1.20. The van der Waals surface area contributed by atoms with Gasteiger partial charge in [-0.05, 0) is 38.7 Å². The fraction of sp³-hybridized carbons (Fsp3) is 0.111. The lowest BCUT2D eigenvalue weighted by molar-refractivity contribution is -0.112. The monoisotopic (exact) mass is 133 g/mol. The summed E-state index contributed by atoms with van der Waals surface area (Å²) in [4.78, 5) is 10.5. The van der Waals surface area contributed by atoms with Crippen LogP contribution >= 0.6 is 0 Å². The van der Waals surface area contributed by atoms with Gasteiger partial charge in [0.25, 0.3) is 0 Å². The van der Waals surface area contributed by atoms with Gasteiger partial charge in [0.15, 0.2) is 5.78 Å². The lowest BCUT2D eigenvalue weighted by atomic mass is 10.1. The van der Waals surface area contributed by atoms with Gasteiger partial charge in [0.2, 0.25) is 0 Å². The predicted octanol–water partition coefficient (Wildman–Crippen LogP) is 1.54. The van der Waals surface area contributed by atoms with Crippen molar-refractivity contribution < 1.29 is 4.79 Å². The molecule has 0 aromatic carbocycles. The summed E-state index contributed by atoms with van der Waals surface area (Å²) in [6, 6.07) is 0. The molecule has 5 radical (unpaired) electrons. The van der Waals surface area contributed by atoms with Gasteiger partial charge >= 0.3 is 0 Å². The molecule has 0 amide bonds. The van der Waals surface area contributed by atoms with Crippen LogP contribution in [-0.4, -0.2) is 5.78 Å². The average molecular weight is 133 g/mol. The summed E-state index contributed by atoms with van der Waals surface area (Å²) in [5.74, 6) is 1.16. The standard InChI is InChI=1S/C9H9O/c1-8(10)6-7-9-4-2-3-5-9/h2-7H,1H3/b7-6+. The van der Waals surface area contributed by atoms with Gasteiger partial charge in [-0.2, -0.15) is 0 Å². The molecule has 1 rings (SSSR count). The van der Waals surface area contributed by atoms with Crippen LogP contribution in [0.3, 0.4) is 0 Å². The van der Waals surface area contributed by atoms with E-state index in [1.165, 1.54) is 0 Å². The van der Waals surface area contributed by atoms with Gasteiger partial charge in [0.05, 0.1) is 0 Å². The Kier molecular flexibility index (Phi) is 2.67. The van der Waals surface area contributed by atoms with Crippen LogP contribution in [0.1, 0.15) is 6.92 Å². The highest BCUT2D eigenvalue weighted by molar-refractivity contribution is 5.87. The van der Waals surface area contributed by atoms with Crippen LogP contribution in [0.4, 0.5) is 0 Å². The Hall–Kier alpha value is -0.590. The van der Waals surface area contributed by atoms with Crippen molar-refractivity contribution in [3.8, 4) is 0 Å². The molecule has 0 spiro atoms. The number of hydrogen-bond donors (Lipinski definition) is 0. The maximum atomic E-state index is 10.5. The fourth-order valence-corrected chi connectivity index (χ4v) is 0.714.